The summed E-state index contributed by atoms with van der Waals surface area (Å²) >= 11 is 0. The van der Waals surface area contributed by atoms with Gasteiger partial charge in [0.05, 0.1) is 6.61 Å². The number of ether oxygens (including phenoxy) is 1. The summed E-state index contributed by atoms with van der Waals surface area (Å²) < 4.78 is 5.49. The van der Waals surface area contributed by atoms with E-state index in [4.69, 9.17) is 4.74 Å². The highest BCUT2D eigenvalue weighted by molar-refractivity contribution is 5.92. The Morgan fingerprint density at radius 1 is 1.11 bits per heavy atom. The Hall–Kier alpha value is -1.85. The molecule has 0 aromatic rings. The first-order valence-corrected chi connectivity index (χ1v) is 10.6. The molecule has 0 radical (unpaired) electrons. The lowest BCUT2D eigenvalue weighted by molar-refractivity contribution is -0.163. The molecule has 27 heavy (non-hydrogen) atoms. The van der Waals surface area contributed by atoms with Gasteiger partial charge < -0.3 is 14.5 Å². The number of likely N-dealkylation sites (tertiary alicyclic amines) is 1. The molecule has 4 aliphatic rings. The zero-order valence-corrected chi connectivity index (χ0v) is 16.3. The van der Waals surface area contributed by atoms with E-state index in [0.29, 0.717) is 19.6 Å². The summed E-state index contributed by atoms with van der Waals surface area (Å²) in [5.74, 6) is -0.513. The van der Waals surface area contributed by atoms with E-state index in [0.717, 1.165) is 63.7 Å². The van der Waals surface area contributed by atoms with Gasteiger partial charge in [0, 0.05) is 37.7 Å². The molecule has 4 rings (SSSR count). The number of nitrogens with zero attached hydrogens (tertiary/aromatic N) is 2. The third-order valence-corrected chi connectivity index (χ3v) is 6.76. The topological polar surface area (TPSA) is 66.9 Å². The Morgan fingerprint density at radius 3 is 2.59 bits per heavy atom. The molecule has 2 saturated heterocycles. The average Bonchev–Trinajstić information content (AvgIpc) is 3.21. The van der Waals surface area contributed by atoms with Crippen LogP contribution in [0.15, 0.2) is 11.3 Å². The quantitative estimate of drug-likeness (QED) is 0.710. The van der Waals surface area contributed by atoms with E-state index in [9.17, 15) is 14.4 Å². The van der Waals surface area contributed by atoms with Gasteiger partial charge in [0.15, 0.2) is 0 Å². The molecule has 2 atom stereocenters. The minimum absolute atomic E-state index is 0.0385. The van der Waals surface area contributed by atoms with Crippen molar-refractivity contribution in [2.75, 3.05) is 26.2 Å². The Bertz CT molecular complexity index is 676. The second-order valence-electron chi connectivity index (χ2n) is 8.39. The summed E-state index contributed by atoms with van der Waals surface area (Å²) in [6.07, 6.45) is 7.29. The number of rotatable bonds is 4. The second-order valence-corrected chi connectivity index (χ2v) is 8.39. The van der Waals surface area contributed by atoms with Crippen molar-refractivity contribution in [2.45, 2.75) is 64.7 Å². The predicted molar refractivity (Wildman–Crippen MR) is 99.4 cm³/mol. The average molecular weight is 374 g/mol. The zero-order valence-electron chi connectivity index (χ0n) is 16.3. The fraction of sp³-hybridized carbons (Fsp3) is 0.762. The largest absolute Gasteiger partial charge is 0.465 e. The van der Waals surface area contributed by atoms with Crippen LogP contribution in [0, 0.1) is 11.3 Å². The fourth-order valence-corrected chi connectivity index (χ4v) is 5.60. The molecule has 0 saturated carbocycles. The lowest BCUT2D eigenvalue weighted by atomic mass is 9.63. The maximum Gasteiger partial charge on any atom is 0.318 e. The highest BCUT2D eigenvalue weighted by Crippen LogP contribution is 2.54. The van der Waals surface area contributed by atoms with Gasteiger partial charge in [-0.05, 0) is 63.9 Å². The first kappa shape index (κ1) is 18.5. The highest BCUT2D eigenvalue weighted by atomic mass is 16.5. The van der Waals surface area contributed by atoms with Crippen molar-refractivity contribution in [1.82, 2.24) is 9.80 Å². The number of hydrogen-bond donors (Lipinski definition) is 0. The standard InChI is InChI=1S/C21H30N2O4/c1-2-27-20(26)21-9-5-7-15-8-6-12-23(18(15)21)19(25)16(14-21)13-17(24)22-10-3-4-11-22/h16H,2-14H2,1H3/t16-,21-/m0/s1. The van der Waals surface area contributed by atoms with Crippen LogP contribution in [0.3, 0.4) is 0 Å². The van der Waals surface area contributed by atoms with Crippen LogP contribution >= 0.6 is 0 Å². The Labute approximate surface area is 160 Å². The number of carbonyl (C=O) groups excluding carboxylic acids is 3. The van der Waals surface area contributed by atoms with Crippen LogP contribution in [0.4, 0.5) is 0 Å². The molecule has 2 fully saturated rings. The van der Waals surface area contributed by atoms with Gasteiger partial charge in [-0.25, -0.2) is 0 Å². The minimum Gasteiger partial charge on any atom is -0.465 e. The van der Waals surface area contributed by atoms with Crippen LogP contribution in [0.1, 0.15) is 64.7 Å². The molecule has 0 N–H and O–H groups in total. The van der Waals surface area contributed by atoms with Crippen molar-refractivity contribution in [3.05, 3.63) is 11.3 Å². The number of piperidine rings is 1. The summed E-state index contributed by atoms with van der Waals surface area (Å²) in [5, 5.41) is 0. The van der Waals surface area contributed by atoms with Crippen LogP contribution in [-0.4, -0.2) is 53.8 Å². The van der Waals surface area contributed by atoms with Crippen LogP contribution < -0.4 is 0 Å². The first-order valence-electron chi connectivity index (χ1n) is 10.6. The molecule has 6 nitrogen and oxygen atoms in total. The molecule has 0 bridgehead atoms. The third kappa shape index (κ3) is 3.07. The van der Waals surface area contributed by atoms with Gasteiger partial charge in [-0.2, -0.15) is 0 Å². The van der Waals surface area contributed by atoms with Crippen molar-refractivity contribution < 1.29 is 19.1 Å². The van der Waals surface area contributed by atoms with Crippen molar-refractivity contribution >= 4 is 17.8 Å². The number of amides is 2. The Balaban J connectivity index is 1.66. The van der Waals surface area contributed by atoms with E-state index in [-0.39, 0.29) is 24.2 Å². The molecule has 6 heteroatoms. The van der Waals surface area contributed by atoms with Gasteiger partial charge in [0.1, 0.15) is 5.41 Å². The molecular formula is C21H30N2O4. The normalized spacial score (nSPS) is 30.4. The van der Waals surface area contributed by atoms with E-state index in [1.807, 2.05) is 16.7 Å². The van der Waals surface area contributed by atoms with Crippen LogP contribution in [-0.2, 0) is 19.1 Å². The molecule has 2 amide bonds. The maximum absolute atomic E-state index is 13.2. The molecule has 0 unspecified atom stereocenters. The van der Waals surface area contributed by atoms with Gasteiger partial charge in [-0.15, -0.1) is 0 Å². The van der Waals surface area contributed by atoms with Gasteiger partial charge in [0.25, 0.3) is 0 Å². The lowest BCUT2D eigenvalue weighted by Gasteiger charge is -2.51. The van der Waals surface area contributed by atoms with Crippen molar-refractivity contribution in [3.8, 4) is 0 Å². The lowest BCUT2D eigenvalue weighted by Crippen LogP contribution is -2.56. The van der Waals surface area contributed by atoms with Gasteiger partial charge in [-0.1, -0.05) is 0 Å². The van der Waals surface area contributed by atoms with Crippen molar-refractivity contribution in [3.63, 3.8) is 0 Å². The highest BCUT2D eigenvalue weighted by Gasteiger charge is 2.56. The fourth-order valence-electron chi connectivity index (χ4n) is 5.60. The zero-order chi connectivity index (χ0) is 19.0. The van der Waals surface area contributed by atoms with Gasteiger partial charge in [-0.3, -0.25) is 14.4 Å². The predicted octanol–water partition coefficient (Wildman–Crippen LogP) is 2.63. The molecule has 3 aliphatic heterocycles. The summed E-state index contributed by atoms with van der Waals surface area (Å²) in [6.45, 7) is 4.42. The number of carbonyl (C=O) groups is 3. The van der Waals surface area contributed by atoms with Crippen LogP contribution in [0.5, 0.6) is 0 Å². The van der Waals surface area contributed by atoms with Crippen LogP contribution in [0.2, 0.25) is 0 Å². The number of allylic oxidation sites excluding steroid dienone is 1. The minimum atomic E-state index is -0.728. The van der Waals surface area contributed by atoms with Crippen LogP contribution in [0.25, 0.3) is 0 Å². The van der Waals surface area contributed by atoms with E-state index >= 15 is 0 Å². The molecule has 148 valence electrons. The van der Waals surface area contributed by atoms with Crippen molar-refractivity contribution in [2.24, 2.45) is 11.3 Å². The summed E-state index contributed by atoms with van der Waals surface area (Å²) in [4.78, 5) is 42.8. The molecular weight excluding hydrogens is 344 g/mol. The van der Waals surface area contributed by atoms with E-state index < -0.39 is 11.3 Å². The third-order valence-electron chi connectivity index (χ3n) is 6.76. The molecule has 0 spiro atoms. The van der Waals surface area contributed by atoms with E-state index in [1.165, 1.54) is 5.57 Å². The van der Waals surface area contributed by atoms with Gasteiger partial charge in [0.2, 0.25) is 11.8 Å². The smallest absolute Gasteiger partial charge is 0.318 e. The van der Waals surface area contributed by atoms with E-state index in [2.05, 4.69) is 0 Å². The Kier molecular flexibility index (Phi) is 4.99. The summed E-state index contributed by atoms with van der Waals surface area (Å²) in [7, 11) is 0. The summed E-state index contributed by atoms with van der Waals surface area (Å²) in [6, 6.07) is 0. The summed E-state index contributed by atoms with van der Waals surface area (Å²) in [5.41, 5.74) is 1.47. The monoisotopic (exact) mass is 374 g/mol. The number of esters is 1. The molecule has 1 aliphatic carbocycles. The molecule has 0 aromatic heterocycles. The second kappa shape index (κ2) is 7.28. The first-order chi connectivity index (χ1) is 13.1. The number of hydrogen-bond acceptors (Lipinski definition) is 4. The Morgan fingerprint density at radius 2 is 1.85 bits per heavy atom. The SMILES string of the molecule is CCOC(=O)[C@]12CCCC3=C1N(CCC3)C(=O)[C@@H](CC(=O)N1CCCC1)C2. The van der Waals surface area contributed by atoms with Gasteiger partial charge >= 0.3 is 5.97 Å². The van der Waals surface area contributed by atoms with Crippen molar-refractivity contribution in [1.29, 1.82) is 0 Å². The van der Waals surface area contributed by atoms with E-state index in [1.54, 1.807) is 0 Å². The maximum atomic E-state index is 13.2. The molecule has 3 heterocycles. The molecule has 0 aromatic carbocycles.